The van der Waals surface area contributed by atoms with E-state index in [1.165, 1.54) is 0 Å². The van der Waals surface area contributed by atoms with Crippen LogP contribution >= 0.6 is 0 Å². The summed E-state index contributed by atoms with van der Waals surface area (Å²) >= 11 is 0. The van der Waals surface area contributed by atoms with Crippen LogP contribution in [0.1, 0.15) is 30.4 Å². The van der Waals surface area contributed by atoms with E-state index < -0.39 is 0 Å². The topological polar surface area (TPSA) is 118 Å². The van der Waals surface area contributed by atoms with Crippen LogP contribution in [0.2, 0.25) is 0 Å². The van der Waals surface area contributed by atoms with Gasteiger partial charge in [0.25, 0.3) is 5.56 Å². The summed E-state index contributed by atoms with van der Waals surface area (Å²) in [6.07, 6.45) is 5.66. The molecule has 0 saturated carbocycles. The highest BCUT2D eigenvalue weighted by atomic mass is 16.5. The normalized spacial score (nSPS) is 18.4. The van der Waals surface area contributed by atoms with Crippen molar-refractivity contribution in [3.05, 3.63) is 46.0 Å². The molecular weight excluding hydrogens is 422 g/mol. The van der Waals surface area contributed by atoms with E-state index in [1.54, 1.807) is 18.5 Å². The Morgan fingerprint density at radius 2 is 2.06 bits per heavy atom. The fourth-order valence-corrected chi connectivity index (χ4v) is 4.43. The minimum Gasteiger partial charge on any atom is -0.379 e. The van der Waals surface area contributed by atoms with Crippen molar-refractivity contribution >= 4 is 17.4 Å². The molecule has 2 aliphatic heterocycles. The summed E-state index contributed by atoms with van der Waals surface area (Å²) in [7, 11) is 0. The molecule has 4 rings (SSSR count). The van der Waals surface area contributed by atoms with Crippen LogP contribution in [0.4, 0.5) is 11.5 Å². The van der Waals surface area contributed by atoms with Gasteiger partial charge in [-0.25, -0.2) is 10.1 Å². The van der Waals surface area contributed by atoms with Crippen LogP contribution in [-0.2, 0) is 9.53 Å². The molecule has 0 aliphatic carbocycles. The van der Waals surface area contributed by atoms with Crippen molar-refractivity contribution in [2.24, 2.45) is 0 Å². The second kappa shape index (κ2) is 10.4. The Morgan fingerprint density at radius 3 is 2.79 bits per heavy atom. The number of carbonyl (C=O) groups is 1. The van der Waals surface area contributed by atoms with Crippen molar-refractivity contribution in [3.8, 4) is 6.07 Å². The Balaban J connectivity index is 1.19. The van der Waals surface area contributed by atoms with Gasteiger partial charge in [-0.05, 0) is 31.9 Å². The minimum atomic E-state index is -0.167. The molecule has 174 valence electrons. The van der Waals surface area contributed by atoms with E-state index in [4.69, 9.17) is 10.00 Å². The number of carbonyl (C=O) groups excluding carboxylic acids is 1. The predicted octanol–water partition coefficient (Wildman–Crippen LogP) is 1.07. The van der Waals surface area contributed by atoms with Crippen LogP contribution in [0, 0.1) is 18.3 Å². The Labute approximate surface area is 192 Å². The smallest absolute Gasteiger partial charge is 0.269 e. The van der Waals surface area contributed by atoms with Gasteiger partial charge in [0, 0.05) is 44.5 Å². The van der Waals surface area contributed by atoms with Gasteiger partial charge < -0.3 is 19.4 Å². The number of hydrogen-bond acceptors (Lipinski definition) is 8. The first-order valence-corrected chi connectivity index (χ1v) is 11.3. The van der Waals surface area contributed by atoms with Crippen LogP contribution in [0.5, 0.6) is 0 Å². The molecule has 0 aromatic carbocycles. The third-order valence-electron chi connectivity index (χ3n) is 6.37. The molecule has 1 unspecified atom stereocenters. The number of nitriles is 1. The van der Waals surface area contributed by atoms with Crippen molar-refractivity contribution < 1.29 is 9.53 Å². The Kier molecular flexibility index (Phi) is 7.19. The van der Waals surface area contributed by atoms with Crippen LogP contribution in [0.25, 0.3) is 0 Å². The Hall–Kier alpha value is -3.45. The fraction of sp³-hybridized carbons (Fsp3) is 0.522. The molecule has 10 heteroatoms. The molecule has 1 N–H and O–H groups in total. The predicted molar refractivity (Wildman–Crippen MR) is 123 cm³/mol. The van der Waals surface area contributed by atoms with Gasteiger partial charge in [-0.1, -0.05) is 0 Å². The monoisotopic (exact) mass is 451 g/mol. The van der Waals surface area contributed by atoms with Crippen LogP contribution in [-0.4, -0.2) is 78.0 Å². The van der Waals surface area contributed by atoms with Gasteiger partial charge in [0.05, 0.1) is 43.1 Å². The van der Waals surface area contributed by atoms with Crippen molar-refractivity contribution in [2.75, 3.05) is 55.7 Å². The lowest BCUT2D eigenvalue weighted by atomic mass is 10.2. The second-order valence-electron chi connectivity index (χ2n) is 8.41. The molecule has 2 aromatic rings. The molecule has 4 heterocycles. The summed E-state index contributed by atoms with van der Waals surface area (Å²) < 4.78 is 5.87. The van der Waals surface area contributed by atoms with E-state index in [-0.39, 0.29) is 17.5 Å². The molecule has 33 heavy (non-hydrogen) atoms. The van der Waals surface area contributed by atoms with Gasteiger partial charge >= 0.3 is 0 Å². The molecule has 2 saturated heterocycles. The summed E-state index contributed by atoms with van der Waals surface area (Å²) in [5.41, 5.74) is 1.90. The minimum absolute atomic E-state index is 0.0975. The number of nitrogens with zero attached hydrogens (tertiary/aromatic N) is 6. The molecule has 2 fully saturated rings. The highest BCUT2D eigenvalue weighted by Crippen LogP contribution is 2.26. The van der Waals surface area contributed by atoms with Gasteiger partial charge in [-0.3, -0.25) is 9.59 Å². The van der Waals surface area contributed by atoms with E-state index in [2.05, 4.69) is 31.1 Å². The van der Waals surface area contributed by atoms with E-state index in [0.717, 1.165) is 30.9 Å². The highest BCUT2D eigenvalue weighted by Gasteiger charge is 2.27. The lowest BCUT2D eigenvalue weighted by Gasteiger charge is -2.35. The summed E-state index contributed by atoms with van der Waals surface area (Å²) in [5, 5.41) is 15.3. The van der Waals surface area contributed by atoms with Crippen molar-refractivity contribution in [2.45, 2.75) is 32.2 Å². The maximum absolute atomic E-state index is 12.6. The fourth-order valence-electron chi connectivity index (χ4n) is 4.43. The Morgan fingerprint density at radius 1 is 1.24 bits per heavy atom. The number of rotatable bonds is 7. The van der Waals surface area contributed by atoms with Crippen molar-refractivity contribution in [1.82, 2.24) is 20.1 Å². The third-order valence-corrected chi connectivity index (χ3v) is 6.37. The average molecular weight is 452 g/mol. The number of aromatic nitrogens is 3. The number of piperazine rings is 1. The van der Waals surface area contributed by atoms with Gasteiger partial charge in [0.2, 0.25) is 5.91 Å². The van der Waals surface area contributed by atoms with Crippen molar-refractivity contribution in [3.63, 3.8) is 0 Å². The zero-order valence-electron chi connectivity index (χ0n) is 18.9. The van der Waals surface area contributed by atoms with E-state index in [9.17, 15) is 9.59 Å². The summed E-state index contributed by atoms with van der Waals surface area (Å²) in [5.74, 6) is 0.928. The average Bonchev–Trinajstić information content (AvgIpc) is 3.32. The van der Waals surface area contributed by atoms with Gasteiger partial charge in [-0.2, -0.15) is 10.4 Å². The van der Waals surface area contributed by atoms with Crippen LogP contribution in [0.15, 0.2) is 29.3 Å². The SMILES string of the molecule is Cc1c(N2CCCC2COCCC(=O)N2CCN(c3ccc(C#N)cn3)CC2)cn[nH]c1=O. The molecular formula is C23H29N7O3. The molecule has 0 spiro atoms. The van der Waals surface area contributed by atoms with E-state index in [1.807, 2.05) is 17.9 Å². The zero-order chi connectivity index (χ0) is 23.2. The maximum atomic E-state index is 12.6. The summed E-state index contributed by atoms with van der Waals surface area (Å²) in [6.45, 7) is 6.31. The number of ether oxygens (including phenoxy) is 1. The summed E-state index contributed by atoms with van der Waals surface area (Å²) in [4.78, 5) is 35.0. The van der Waals surface area contributed by atoms with Gasteiger partial charge in [0.15, 0.2) is 0 Å². The van der Waals surface area contributed by atoms with Crippen LogP contribution < -0.4 is 15.4 Å². The lowest BCUT2D eigenvalue weighted by molar-refractivity contribution is -0.132. The number of hydrogen-bond donors (Lipinski definition) is 1. The zero-order valence-corrected chi connectivity index (χ0v) is 18.9. The number of aromatic amines is 1. The van der Waals surface area contributed by atoms with Gasteiger partial charge in [-0.15, -0.1) is 0 Å². The first-order valence-electron chi connectivity index (χ1n) is 11.3. The standard InChI is InChI=1S/C23H29N7O3/c1-17-20(15-26-27-23(17)32)30-7-2-3-19(30)16-33-12-6-22(31)29-10-8-28(9-11-29)21-5-4-18(13-24)14-25-21/h4-5,14-15,19H,2-3,6-12,16H2,1H3,(H,27,32). The van der Waals surface area contributed by atoms with Gasteiger partial charge in [0.1, 0.15) is 11.9 Å². The third kappa shape index (κ3) is 5.31. The van der Waals surface area contributed by atoms with E-state index >= 15 is 0 Å². The molecule has 10 nitrogen and oxygen atoms in total. The number of anilines is 2. The summed E-state index contributed by atoms with van der Waals surface area (Å²) in [6, 6.07) is 5.86. The molecule has 1 atom stereocenters. The first-order chi connectivity index (χ1) is 16.1. The molecule has 1 amide bonds. The molecule has 2 aromatic heterocycles. The molecule has 0 radical (unpaired) electrons. The number of nitrogens with one attached hydrogen (secondary N) is 1. The maximum Gasteiger partial charge on any atom is 0.269 e. The number of pyridine rings is 1. The number of H-pyrrole nitrogens is 1. The molecule has 2 aliphatic rings. The quantitative estimate of drug-likeness (QED) is 0.621. The highest BCUT2D eigenvalue weighted by molar-refractivity contribution is 5.76. The van der Waals surface area contributed by atoms with Crippen LogP contribution in [0.3, 0.4) is 0 Å². The Bertz CT molecular complexity index is 1050. The van der Waals surface area contributed by atoms with Crippen molar-refractivity contribution in [1.29, 1.82) is 5.26 Å². The number of amides is 1. The van der Waals surface area contributed by atoms with E-state index in [0.29, 0.717) is 56.9 Å². The largest absolute Gasteiger partial charge is 0.379 e. The second-order valence-corrected chi connectivity index (χ2v) is 8.41. The lowest BCUT2D eigenvalue weighted by Crippen LogP contribution is -2.49. The molecule has 0 bridgehead atoms. The first kappa shape index (κ1) is 22.7.